The molecule has 0 aliphatic heterocycles. The molecular weight excluding hydrogens is 623 g/mol. The Balaban J connectivity index is 3.49. The normalized spacial score (nSPS) is 14.5. The van der Waals surface area contributed by atoms with Gasteiger partial charge in [0.05, 0.1) is 13.2 Å². The van der Waals surface area contributed by atoms with Gasteiger partial charge >= 0.3 is 17.1 Å². The topological polar surface area (TPSA) is 127 Å². The summed E-state index contributed by atoms with van der Waals surface area (Å²) in [6.07, 6.45) is 7.20. The van der Waals surface area contributed by atoms with Crippen LogP contribution in [0.1, 0.15) is 121 Å². The molecule has 3 N–H and O–H groups in total. The van der Waals surface area contributed by atoms with Crippen LogP contribution in [0.3, 0.4) is 0 Å². The zero-order valence-electron chi connectivity index (χ0n) is 30.7. The van der Waals surface area contributed by atoms with Crippen molar-refractivity contribution in [1.29, 1.82) is 0 Å². The van der Waals surface area contributed by atoms with Gasteiger partial charge in [0.2, 0.25) is 0 Å². The van der Waals surface area contributed by atoms with Gasteiger partial charge in [0.15, 0.2) is 0 Å². The summed E-state index contributed by atoms with van der Waals surface area (Å²) in [5, 5.41) is 28.0. The third-order valence-electron chi connectivity index (χ3n) is 9.03. The second-order valence-corrected chi connectivity index (χ2v) is 19.9. The molecule has 0 bridgehead atoms. The van der Waals surface area contributed by atoms with Gasteiger partial charge in [0.25, 0.3) is 0 Å². The quantitative estimate of drug-likeness (QED) is 0.134. The van der Waals surface area contributed by atoms with E-state index in [1.807, 2.05) is 23.5 Å². The summed E-state index contributed by atoms with van der Waals surface area (Å²) in [7, 11) is 0. The smallest absolute Gasteiger partial charge is 0.336 e. The first-order chi connectivity index (χ1) is 21.2. The van der Waals surface area contributed by atoms with Crippen LogP contribution in [-0.2, 0) is 19.6 Å². The van der Waals surface area contributed by atoms with Gasteiger partial charge in [-0.05, 0) is 72.7 Å². The Labute approximate surface area is 287 Å². The molecule has 0 aliphatic rings. The van der Waals surface area contributed by atoms with Gasteiger partial charge in [-0.1, -0.05) is 82.1 Å². The molecule has 1 rings (SSSR count). The van der Waals surface area contributed by atoms with Crippen molar-refractivity contribution in [3.63, 3.8) is 0 Å². The first-order valence-electron chi connectivity index (χ1n) is 17.3. The van der Waals surface area contributed by atoms with Crippen LogP contribution in [0.25, 0.3) is 0 Å². The Morgan fingerprint density at radius 3 is 1.17 bits per heavy atom. The first-order valence-corrected chi connectivity index (χ1v) is 19.2. The van der Waals surface area contributed by atoms with Gasteiger partial charge < -0.3 is 15.3 Å². The Bertz CT molecular complexity index is 1120. The molecule has 0 aliphatic carbocycles. The van der Waals surface area contributed by atoms with Gasteiger partial charge in [0, 0.05) is 35.8 Å². The summed E-state index contributed by atoms with van der Waals surface area (Å²) in [4.78, 5) is 41.6. The largest absolute Gasteiger partial charge is 0.396 e. The lowest BCUT2D eigenvalue weighted by Gasteiger charge is -2.38. The molecule has 9 nitrogen and oxygen atoms in total. The fourth-order valence-corrected chi connectivity index (χ4v) is 8.24. The first kappa shape index (κ1) is 43.0. The number of nitrogens with zero attached hydrogens (tertiary/aromatic N) is 3. The second kappa shape index (κ2) is 19.2. The Morgan fingerprint density at radius 2 is 0.870 bits per heavy atom. The molecule has 0 amide bonds. The molecule has 0 saturated carbocycles. The molecule has 11 heteroatoms. The summed E-state index contributed by atoms with van der Waals surface area (Å²) in [5.74, 6) is 1.91. The van der Waals surface area contributed by atoms with E-state index in [4.69, 9.17) is 10.2 Å². The van der Waals surface area contributed by atoms with Gasteiger partial charge in [-0.25, -0.2) is 28.1 Å². The molecule has 46 heavy (non-hydrogen) atoms. The fourth-order valence-electron chi connectivity index (χ4n) is 5.80. The second-order valence-electron chi connectivity index (χ2n) is 16.3. The van der Waals surface area contributed by atoms with E-state index in [0.29, 0.717) is 0 Å². The molecular formula is C35H67N3O6S2. The van der Waals surface area contributed by atoms with Crippen molar-refractivity contribution in [2.75, 3.05) is 31.3 Å². The third-order valence-corrected chi connectivity index (χ3v) is 11.9. The lowest BCUT2D eigenvalue weighted by molar-refractivity contribution is 0.164. The number of hydrogen-bond acceptors (Lipinski definition) is 8. The van der Waals surface area contributed by atoms with Crippen LogP contribution < -0.4 is 17.1 Å². The minimum absolute atomic E-state index is 0.0223. The van der Waals surface area contributed by atoms with E-state index in [2.05, 4.69) is 69.2 Å². The maximum atomic E-state index is 14.2. The van der Waals surface area contributed by atoms with Gasteiger partial charge in [-0.15, -0.1) is 0 Å². The number of thioether (sulfide) groups is 2. The monoisotopic (exact) mass is 689 g/mol. The Hall–Kier alpha value is -1.01. The van der Waals surface area contributed by atoms with Crippen LogP contribution in [0.15, 0.2) is 14.4 Å². The summed E-state index contributed by atoms with van der Waals surface area (Å²) in [6, 6.07) is 0. The Morgan fingerprint density at radius 1 is 0.522 bits per heavy atom. The van der Waals surface area contributed by atoms with Crippen LogP contribution >= 0.6 is 23.5 Å². The summed E-state index contributed by atoms with van der Waals surface area (Å²) < 4.78 is 3.32. The highest BCUT2D eigenvalue weighted by molar-refractivity contribution is 8.00. The number of rotatable bonds is 22. The van der Waals surface area contributed by atoms with E-state index in [-0.39, 0.29) is 71.6 Å². The zero-order chi connectivity index (χ0) is 35.3. The van der Waals surface area contributed by atoms with Crippen molar-refractivity contribution in [3.8, 4) is 0 Å². The molecule has 1 heterocycles. The predicted molar refractivity (Wildman–Crippen MR) is 196 cm³/mol. The average molecular weight is 690 g/mol. The lowest BCUT2D eigenvalue weighted by atomic mass is 9.76. The lowest BCUT2D eigenvalue weighted by Crippen LogP contribution is -2.57. The van der Waals surface area contributed by atoms with Crippen molar-refractivity contribution < 1.29 is 15.3 Å². The molecule has 0 aromatic carbocycles. The van der Waals surface area contributed by atoms with Crippen LogP contribution in [0, 0.1) is 22.7 Å². The number of aliphatic hydroxyl groups excluding tert-OH is 3. The summed E-state index contributed by atoms with van der Waals surface area (Å²) in [6.45, 7) is 21.9. The molecule has 2 atom stereocenters. The van der Waals surface area contributed by atoms with Crippen LogP contribution in [-0.4, -0.2) is 69.8 Å². The fraction of sp³-hybridized carbons (Fsp3) is 0.914. The summed E-state index contributed by atoms with van der Waals surface area (Å²) in [5.41, 5.74) is -2.31. The van der Waals surface area contributed by atoms with E-state index < -0.39 is 17.1 Å². The average Bonchev–Trinajstić information content (AvgIpc) is 2.93. The maximum Gasteiger partial charge on any atom is 0.336 e. The SMILES string of the molecule is CC(C)(CC(Cn1c(=O)n(CCO)c(=O)n(CC(CC(C)(C)SCCCCCO)C(C)(C)C)c1=O)C(C)(C)C)SCCCCCO. The van der Waals surface area contributed by atoms with Crippen molar-refractivity contribution in [2.24, 2.45) is 22.7 Å². The van der Waals surface area contributed by atoms with Crippen LogP contribution in [0.2, 0.25) is 0 Å². The van der Waals surface area contributed by atoms with Crippen LogP contribution in [0.5, 0.6) is 0 Å². The van der Waals surface area contributed by atoms with Crippen molar-refractivity contribution in [3.05, 3.63) is 31.5 Å². The highest BCUT2D eigenvalue weighted by atomic mass is 32.2. The van der Waals surface area contributed by atoms with E-state index in [0.717, 1.165) is 67.4 Å². The third kappa shape index (κ3) is 14.6. The maximum absolute atomic E-state index is 14.2. The zero-order valence-corrected chi connectivity index (χ0v) is 32.3. The van der Waals surface area contributed by atoms with E-state index >= 15 is 0 Å². The van der Waals surface area contributed by atoms with E-state index in [1.165, 1.54) is 9.13 Å². The Kier molecular flexibility index (Phi) is 18.0. The molecule has 270 valence electrons. The summed E-state index contributed by atoms with van der Waals surface area (Å²) >= 11 is 3.76. The van der Waals surface area contributed by atoms with E-state index in [9.17, 15) is 19.5 Å². The predicted octanol–water partition coefficient (Wildman–Crippen LogP) is 5.62. The molecule has 0 fully saturated rings. The van der Waals surface area contributed by atoms with Gasteiger partial charge in [-0.2, -0.15) is 23.5 Å². The number of unbranched alkanes of at least 4 members (excludes halogenated alkanes) is 4. The van der Waals surface area contributed by atoms with Crippen molar-refractivity contribution in [1.82, 2.24) is 13.7 Å². The molecule has 1 aromatic heterocycles. The minimum atomic E-state index is -0.657. The number of aromatic nitrogens is 3. The van der Waals surface area contributed by atoms with Gasteiger partial charge in [-0.3, -0.25) is 0 Å². The number of aliphatic hydroxyl groups is 3. The molecule has 0 saturated heterocycles. The molecule has 0 spiro atoms. The highest BCUT2D eigenvalue weighted by Gasteiger charge is 2.35. The number of hydrogen-bond donors (Lipinski definition) is 3. The molecule has 2 unspecified atom stereocenters. The van der Waals surface area contributed by atoms with Crippen LogP contribution in [0.4, 0.5) is 0 Å². The van der Waals surface area contributed by atoms with Gasteiger partial charge in [0.1, 0.15) is 0 Å². The highest BCUT2D eigenvalue weighted by Crippen LogP contribution is 2.41. The molecule has 0 radical (unpaired) electrons. The van der Waals surface area contributed by atoms with Crippen molar-refractivity contribution >= 4 is 23.5 Å². The standard InChI is InChI=1S/C35H67N3O6S2/c1-32(2,3)27(23-34(7,8)45-21-15-11-13-18-39)25-37-29(42)36(17-20-41)30(43)38(31(37)44)26-28(33(4,5)6)24-35(9,10)46-22-16-12-14-19-40/h27-28,39-41H,11-26H2,1-10H3. The molecule has 1 aromatic rings. The minimum Gasteiger partial charge on any atom is -0.396 e. The van der Waals surface area contributed by atoms with E-state index in [1.54, 1.807) is 0 Å². The van der Waals surface area contributed by atoms with Crippen molar-refractivity contribution in [2.45, 2.75) is 150 Å².